The van der Waals surface area contributed by atoms with Crippen molar-refractivity contribution in [3.63, 3.8) is 0 Å². The third-order valence-electron chi connectivity index (χ3n) is 1.95. The highest BCUT2D eigenvalue weighted by Gasteiger charge is 2.15. The summed E-state index contributed by atoms with van der Waals surface area (Å²) in [5, 5.41) is 8.42. The molecule has 1 aliphatic rings. The van der Waals surface area contributed by atoms with E-state index in [4.69, 9.17) is 5.11 Å². The lowest BCUT2D eigenvalue weighted by Crippen LogP contribution is -2.11. The van der Waals surface area contributed by atoms with Gasteiger partial charge in [0.1, 0.15) is 5.78 Å². The van der Waals surface area contributed by atoms with Gasteiger partial charge in [0.2, 0.25) is 0 Å². The first kappa shape index (κ1) is 7.32. The lowest BCUT2D eigenvalue weighted by molar-refractivity contribution is -0.120. The highest BCUT2D eigenvalue weighted by Crippen LogP contribution is 2.21. The Morgan fingerprint density at radius 3 is 2.50 bits per heavy atom. The van der Waals surface area contributed by atoms with Crippen LogP contribution in [0.15, 0.2) is 12.3 Å². The molecule has 10 heavy (non-hydrogen) atoms. The molecule has 0 amide bonds. The first-order chi connectivity index (χ1) is 4.83. The summed E-state index contributed by atoms with van der Waals surface area (Å²) in [6.07, 6.45) is 6.06. The van der Waals surface area contributed by atoms with Gasteiger partial charge in [-0.15, -0.1) is 0 Å². The van der Waals surface area contributed by atoms with Crippen molar-refractivity contribution in [3.05, 3.63) is 12.3 Å². The number of Topliss-reactive ketones (excluding diaryl/α,β-unsaturated/α-hetero) is 1. The molecule has 0 aromatic heterocycles. The van der Waals surface area contributed by atoms with Crippen LogP contribution in [0.25, 0.3) is 0 Å². The van der Waals surface area contributed by atoms with Crippen molar-refractivity contribution >= 4 is 5.78 Å². The summed E-state index contributed by atoms with van der Waals surface area (Å²) in [6.45, 7) is 0. The van der Waals surface area contributed by atoms with Gasteiger partial charge in [0.15, 0.2) is 0 Å². The maximum absolute atomic E-state index is 10.7. The van der Waals surface area contributed by atoms with Crippen molar-refractivity contribution in [2.45, 2.75) is 25.7 Å². The number of aliphatic hydroxyl groups is 1. The molecule has 0 radical (unpaired) electrons. The standard InChI is InChI=1S/C8H12O2/c9-6-5-7-1-3-8(10)4-2-7/h5-7,9H,1-4H2. The third-order valence-corrected chi connectivity index (χ3v) is 1.95. The molecule has 56 valence electrons. The minimum Gasteiger partial charge on any atom is -0.516 e. The van der Waals surface area contributed by atoms with E-state index >= 15 is 0 Å². The molecule has 0 heterocycles. The molecule has 0 unspecified atom stereocenters. The van der Waals surface area contributed by atoms with E-state index in [1.54, 1.807) is 6.08 Å². The van der Waals surface area contributed by atoms with Gasteiger partial charge in [0, 0.05) is 12.8 Å². The van der Waals surface area contributed by atoms with Gasteiger partial charge in [-0.2, -0.15) is 0 Å². The van der Waals surface area contributed by atoms with Gasteiger partial charge in [-0.1, -0.05) is 0 Å². The quantitative estimate of drug-likeness (QED) is 0.564. The van der Waals surface area contributed by atoms with Gasteiger partial charge >= 0.3 is 0 Å². The van der Waals surface area contributed by atoms with Crippen molar-refractivity contribution in [3.8, 4) is 0 Å². The SMILES string of the molecule is O=C1CCC(C=CO)CC1. The first-order valence-corrected chi connectivity index (χ1v) is 3.65. The molecule has 0 spiro atoms. The topological polar surface area (TPSA) is 37.3 Å². The van der Waals surface area contributed by atoms with E-state index in [1.165, 1.54) is 0 Å². The zero-order valence-electron chi connectivity index (χ0n) is 5.92. The molecule has 1 N–H and O–H groups in total. The molecule has 1 aliphatic carbocycles. The zero-order valence-corrected chi connectivity index (χ0v) is 5.92. The van der Waals surface area contributed by atoms with Crippen molar-refractivity contribution in [1.29, 1.82) is 0 Å². The molecule has 0 bridgehead atoms. The van der Waals surface area contributed by atoms with Crippen LogP contribution >= 0.6 is 0 Å². The average Bonchev–Trinajstić information content (AvgIpc) is 1.95. The van der Waals surface area contributed by atoms with Gasteiger partial charge < -0.3 is 5.11 Å². The van der Waals surface area contributed by atoms with Gasteiger partial charge in [-0.25, -0.2) is 0 Å². The summed E-state index contributed by atoms with van der Waals surface area (Å²) in [6, 6.07) is 0. The highest BCUT2D eigenvalue weighted by atomic mass is 16.2. The average molecular weight is 140 g/mol. The number of carbonyl (C=O) groups excluding carboxylic acids is 1. The second-order valence-corrected chi connectivity index (χ2v) is 2.72. The maximum Gasteiger partial charge on any atom is 0.132 e. The molecule has 1 fully saturated rings. The first-order valence-electron chi connectivity index (χ1n) is 3.65. The Morgan fingerprint density at radius 1 is 1.40 bits per heavy atom. The molecular formula is C8H12O2. The van der Waals surface area contributed by atoms with Crippen molar-refractivity contribution < 1.29 is 9.90 Å². The van der Waals surface area contributed by atoms with Gasteiger partial charge in [0.25, 0.3) is 0 Å². The van der Waals surface area contributed by atoms with E-state index in [2.05, 4.69) is 0 Å². The fraction of sp³-hybridized carbons (Fsp3) is 0.625. The molecular weight excluding hydrogens is 128 g/mol. The second-order valence-electron chi connectivity index (χ2n) is 2.72. The minimum atomic E-state index is 0.364. The summed E-state index contributed by atoms with van der Waals surface area (Å²) in [7, 11) is 0. The predicted molar refractivity (Wildman–Crippen MR) is 38.7 cm³/mol. The molecule has 0 saturated heterocycles. The number of ketones is 1. The molecule has 2 nitrogen and oxygen atoms in total. The molecule has 2 heteroatoms. The fourth-order valence-electron chi connectivity index (χ4n) is 1.28. The summed E-state index contributed by atoms with van der Waals surface area (Å²) >= 11 is 0. The summed E-state index contributed by atoms with van der Waals surface area (Å²) in [5.41, 5.74) is 0. The number of hydrogen-bond donors (Lipinski definition) is 1. The van der Waals surface area contributed by atoms with Crippen LogP contribution in [0.5, 0.6) is 0 Å². The third kappa shape index (κ3) is 1.87. The van der Waals surface area contributed by atoms with E-state index in [0.29, 0.717) is 24.5 Å². The Balaban J connectivity index is 2.32. The second kappa shape index (κ2) is 3.40. The van der Waals surface area contributed by atoms with Crippen LogP contribution in [-0.2, 0) is 4.79 Å². The summed E-state index contributed by atoms with van der Waals surface area (Å²) in [4.78, 5) is 10.7. The van der Waals surface area contributed by atoms with Crippen LogP contribution in [0.4, 0.5) is 0 Å². The predicted octanol–water partition coefficient (Wildman–Crippen LogP) is 1.82. The number of allylic oxidation sites excluding steroid dienone is 1. The van der Waals surface area contributed by atoms with Gasteiger partial charge in [0.05, 0.1) is 6.26 Å². The normalized spacial score (nSPS) is 22.2. The summed E-state index contributed by atoms with van der Waals surface area (Å²) in [5.74, 6) is 0.797. The minimum absolute atomic E-state index is 0.364. The highest BCUT2D eigenvalue weighted by molar-refractivity contribution is 5.79. The van der Waals surface area contributed by atoms with Crippen LogP contribution in [0.3, 0.4) is 0 Å². The van der Waals surface area contributed by atoms with Crippen LogP contribution in [0, 0.1) is 5.92 Å². The number of hydrogen-bond acceptors (Lipinski definition) is 2. The lowest BCUT2D eigenvalue weighted by Gasteiger charge is -2.16. The van der Waals surface area contributed by atoms with Crippen molar-refractivity contribution in [2.75, 3.05) is 0 Å². The molecule has 0 aromatic carbocycles. The van der Waals surface area contributed by atoms with Crippen LogP contribution in [0.2, 0.25) is 0 Å². The zero-order chi connectivity index (χ0) is 7.40. The van der Waals surface area contributed by atoms with Gasteiger partial charge in [-0.05, 0) is 24.8 Å². The fourth-order valence-corrected chi connectivity index (χ4v) is 1.28. The van der Waals surface area contributed by atoms with Gasteiger partial charge in [-0.3, -0.25) is 4.79 Å². The molecule has 1 rings (SSSR count). The van der Waals surface area contributed by atoms with Crippen LogP contribution in [-0.4, -0.2) is 10.9 Å². The largest absolute Gasteiger partial charge is 0.516 e. The molecule has 0 aromatic rings. The van der Waals surface area contributed by atoms with E-state index in [9.17, 15) is 4.79 Å². The Morgan fingerprint density at radius 2 is 2.00 bits per heavy atom. The maximum atomic E-state index is 10.7. The Bertz CT molecular complexity index is 139. The monoisotopic (exact) mass is 140 g/mol. The Kier molecular flexibility index (Phi) is 2.49. The number of aliphatic hydroxyl groups excluding tert-OH is 1. The molecule has 1 saturated carbocycles. The Labute approximate surface area is 60.6 Å². The van der Waals surface area contributed by atoms with E-state index in [0.717, 1.165) is 19.1 Å². The molecule has 0 atom stereocenters. The Hall–Kier alpha value is -0.790. The van der Waals surface area contributed by atoms with Crippen molar-refractivity contribution in [2.24, 2.45) is 5.92 Å². The van der Waals surface area contributed by atoms with Crippen molar-refractivity contribution in [1.82, 2.24) is 0 Å². The van der Waals surface area contributed by atoms with E-state index in [-0.39, 0.29) is 0 Å². The number of carbonyl (C=O) groups is 1. The summed E-state index contributed by atoms with van der Waals surface area (Å²) < 4.78 is 0. The lowest BCUT2D eigenvalue weighted by atomic mass is 9.89. The van der Waals surface area contributed by atoms with Crippen LogP contribution in [0.1, 0.15) is 25.7 Å². The number of rotatable bonds is 1. The van der Waals surface area contributed by atoms with Crippen LogP contribution < -0.4 is 0 Å². The van der Waals surface area contributed by atoms with E-state index in [1.807, 2.05) is 0 Å². The smallest absolute Gasteiger partial charge is 0.132 e. The molecule has 0 aliphatic heterocycles. The van der Waals surface area contributed by atoms with E-state index < -0.39 is 0 Å².